The fraction of sp³-hybridized carbons (Fsp3) is 0.300. The lowest BCUT2D eigenvalue weighted by Crippen LogP contribution is -2.50. The number of carbonyl (C=O) groups excluding carboxylic acids is 1. The minimum Gasteiger partial charge on any atom is -0.348 e. The molecule has 0 bridgehead atoms. The summed E-state index contributed by atoms with van der Waals surface area (Å²) >= 11 is 1.59. The Bertz CT molecular complexity index is 879. The number of amides is 1. The lowest BCUT2D eigenvalue weighted by Gasteiger charge is -2.30. The molecule has 142 valence electrons. The van der Waals surface area contributed by atoms with Crippen LogP contribution in [0.3, 0.4) is 0 Å². The van der Waals surface area contributed by atoms with E-state index in [-0.39, 0.29) is 24.4 Å². The molecule has 27 heavy (non-hydrogen) atoms. The third-order valence-electron chi connectivity index (χ3n) is 4.88. The molecule has 2 atom stereocenters. The van der Waals surface area contributed by atoms with Crippen molar-refractivity contribution < 1.29 is 4.79 Å². The Balaban J connectivity index is 0.00000210. The van der Waals surface area contributed by atoms with Crippen LogP contribution < -0.4 is 10.6 Å². The third-order valence-corrected chi connectivity index (χ3v) is 5.75. The van der Waals surface area contributed by atoms with Crippen LogP contribution in [0.25, 0.3) is 16.3 Å². The number of carbonyl (C=O) groups is 1. The van der Waals surface area contributed by atoms with Gasteiger partial charge in [0.1, 0.15) is 5.69 Å². The summed E-state index contributed by atoms with van der Waals surface area (Å²) < 4.78 is 1.78. The first-order valence-electron chi connectivity index (χ1n) is 8.93. The van der Waals surface area contributed by atoms with Gasteiger partial charge in [-0.2, -0.15) is 5.10 Å². The van der Waals surface area contributed by atoms with E-state index in [0.717, 1.165) is 35.8 Å². The van der Waals surface area contributed by atoms with Crippen molar-refractivity contribution in [2.24, 2.45) is 5.92 Å². The van der Waals surface area contributed by atoms with Crippen molar-refractivity contribution in [3.63, 3.8) is 0 Å². The number of thiophene rings is 1. The van der Waals surface area contributed by atoms with Crippen molar-refractivity contribution in [1.82, 2.24) is 20.4 Å². The van der Waals surface area contributed by atoms with Crippen molar-refractivity contribution >= 4 is 29.7 Å². The normalized spacial score (nSPS) is 19.3. The highest BCUT2D eigenvalue weighted by atomic mass is 35.5. The Hall–Kier alpha value is -2.15. The number of nitrogens with zero attached hydrogens (tertiary/aromatic N) is 2. The van der Waals surface area contributed by atoms with Crippen LogP contribution in [-0.4, -0.2) is 34.8 Å². The molecule has 0 aliphatic carbocycles. The number of aromatic nitrogens is 2. The number of rotatable bonds is 4. The molecule has 7 heteroatoms. The van der Waals surface area contributed by atoms with E-state index in [1.807, 2.05) is 54.0 Å². The molecule has 4 rings (SSSR count). The smallest absolute Gasteiger partial charge is 0.255 e. The molecule has 3 aromatic rings. The summed E-state index contributed by atoms with van der Waals surface area (Å²) in [6.07, 6.45) is 2.91. The Morgan fingerprint density at radius 2 is 2.07 bits per heavy atom. The Labute approximate surface area is 169 Å². The SMILES string of the molecule is CC1CCNCC1NC(=O)c1cn(-c2ccccc2)nc1-c1cccs1.Cl. The lowest BCUT2D eigenvalue weighted by molar-refractivity contribution is 0.0916. The molecule has 2 N–H and O–H groups in total. The zero-order chi connectivity index (χ0) is 17.9. The zero-order valence-corrected chi connectivity index (χ0v) is 16.7. The highest BCUT2D eigenvalue weighted by Gasteiger charge is 2.26. The van der Waals surface area contributed by atoms with Gasteiger partial charge in [-0.25, -0.2) is 4.68 Å². The molecule has 0 spiro atoms. The van der Waals surface area contributed by atoms with Gasteiger partial charge in [0.15, 0.2) is 0 Å². The largest absolute Gasteiger partial charge is 0.348 e. The molecule has 2 aromatic heterocycles. The van der Waals surface area contributed by atoms with Crippen LogP contribution in [0.1, 0.15) is 23.7 Å². The van der Waals surface area contributed by atoms with Crippen LogP contribution in [-0.2, 0) is 0 Å². The van der Waals surface area contributed by atoms with E-state index in [4.69, 9.17) is 5.10 Å². The van der Waals surface area contributed by atoms with E-state index in [1.54, 1.807) is 16.0 Å². The van der Waals surface area contributed by atoms with Gasteiger partial charge in [0.2, 0.25) is 0 Å². The van der Waals surface area contributed by atoms with Crippen LogP contribution in [0.2, 0.25) is 0 Å². The second-order valence-corrected chi connectivity index (χ2v) is 7.65. The Morgan fingerprint density at radius 3 is 2.78 bits per heavy atom. The molecule has 3 heterocycles. The highest BCUT2D eigenvalue weighted by Crippen LogP contribution is 2.28. The average molecular weight is 403 g/mol. The molecular weight excluding hydrogens is 380 g/mol. The molecule has 2 unspecified atom stereocenters. The topological polar surface area (TPSA) is 58.9 Å². The summed E-state index contributed by atoms with van der Waals surface area (Å²) in [5.74, 6) is 0.408. The Morgan fingerprint density at radius 1 is 1.26 bits per heavy atom. The summed E-state index contributed by atoms with van der Waals surface area (Å²) in [6.45, 7) is 4.02. The van der Waals surface area contributed by atoms with E-state index in [0.29, 0.717) is 11.5 Å². The summed E-state index contributed by atoms with van der Waals surface area (Å²) in [6, 6.07) is 14.0. The van der Waals surface area contributed by atoms with Gasteiger partial charge < -0.3 is 10.6 Å². The van der Waals surface area contributed by atoms with Gasteiger partial charge >= 0.3 is 0 Å². The van der Waals surface area contributed by atoms with Gasteiger partial charge in [-0.1, -0.05) is 31.2 Å². The average Bonchev–Trinajstić information content (AvgIpc) is 3.34. The van der Waals surface area contributed by atoms with Gasteiger partial charge in [-0.3, -0.25) is 4.79 Å². The summed E-state index contributed by atoms with van der Waals surface area (Å²) in [4.78, 5) is 14.0. The first kappa shape index (κ1) is 19.6. The number of piperidine rings is 1. The fourth-order valence-electron chi connectivity index (χ4n) is 3.28. The molecule has 1 aliphatic rings. The first-order chi connectivity index (χ1) is 12.7. The van der Waals surface area contributed by atoms with E-state index in [9.17, 15) is 4.79 Å². The van der Waals surface area contributed by atoms with Gasteiger partial charge in [0.25, 0.3) is 5.91 Å². The Kier molecular flexibility index (Phi) is 6.31. The molecule has 0 radical (unpaired) electrons. The number of nitrogens with one attached hydrogen (secondary N) is 2. The molecule has 1 saturated heterocycles. The number of halogens is 1. The minimum atomic E-state index is -0.0591. The highest BCUT2D eigenvalue weighted by molar-refractivity contribution is 7.13. The number of hydrogen-bond acceptors (Lipinski definition) is 4. The first-order valence-corrected chi connectivity index (χ1v) is 9.81. The maximum Gasteiger partial charge on any atom is 0.255 e. The van der Waals surface area contributed by atoms with Gasteiger partial charge in [0.05, 0.1) is 16.1 Å². The van der Waals surface area contributed by atoms with Crippen molar-refractivity contribution in [1.29, 1.82) is 0 Å². The number of benzene rings is 1. The zero-order valence-electron chi connectivity index (χ0n) is 15.1. The lowest BCUT2D eigenvalue weighted by atomic mass is 9.94. The van der Waals surface area contributed by atoms with Crippen molar-refractivity contribution in [2.45, 2.75) is 19.4 Å². The molecule has 1 aliphatic heterocycles. The number of hydrogen-bond donors (Lipinski definition) is 2. The van der Waals surface area contributed by atoms with Crippen LogP contribution in [0.4, 0.5) is 0 Å². The van der Waals surface area contributed by atoms with E-state index in [1.165, 1.54) is 0 Å². The molecule has 1 fully saturated rings. The van der Waals surface area contributed by atoms with Crippen molar-refractivity contribution in [3.05, 3.63) is 59.6 Å². The fourth-order valence-corrected chi connectivity index (χ4v) is 4.00. The maximum absolute atomic E-state index is 13.0. The van der Waals surface area contributed by atoms with Gasteiger partial charge in [0, 0.05) is 18.8 Å². The van der Waals surface area contributed by atoms with Gasteiger partial charge in [-0.15, -0.1) is 23.7 Å². The summed E-state index contributed by atoms with van der Waals surface area (Å²) in [7, 11) is 0. The van der Waals surface area contributed by atoms with Crippen LogP contribution in [0.15, 0.2) is 54.0 Å². The molecule has 5 nitrogen and oxygen atoms in total. The summed E-state index contributed by atoms with van der Waals surface area (Å²) in [5, 5.41) is 13.3. The number of para-hydroxylation sites is 1. The molecule has 0 saturated carbocycles. The standard InChI is InChI=1S/C20H22N4OS.ClH/c1-14-9-10-21-12-17(14)22-20(25)16-13-24(15-6-3-2-4-7-15)23-19(16)18-8-5-11-26-18;/h2-8,11,13-14,17,21H,9-10,12H2,1H3,(H,22,25);1H. The third kappa shape index (κ3) is 4.24. The second kappa shape index (κ2) is 8.69. The quantitative estimate of drug-likeness (QED) is 0.698. The van der Waals surface area contributed by atoms with Crippen LogP contribution in [0, 0.1) is 5.92 Å². The van der Waals surface area contributed by atoms with Crippen LogP contribution >= 0.6 is 23.7 Å². The summed E-state index contributed by atoms with van der Waals surface area (Å²) in [5.41, 5.74) is 2.30. The molecule has 1 amide bonds. The van der Waals surface area contributed by atoms with E-state index < -0.39 is 0 Å². The van der Waals surface area contributed by atoms with Crippen molar-refractivity contribution in [3.8, 4) is 16.3 Å². The molecular formula is C20H23ClN4OS. The predicted molar refractivity (Wildman–Crippen MR) is 112 cm³/mol. The van der Waals surface area contributed by atoms with E-state index >= 15 is 0 Å². The van der Waals surface area contributed by atoms with Crippen LogP contribution in [0.5, 0.6) is 0 Å². The second-order valence-electron chi connectivity index (χ2n) is 6.70. The monoisotopic (exact) mass is 402 g/mol. The molecule has 1 aromatic carbocycles. The van der Waals surface area contributed by atoms with Gasteiger partial charge in [-0.05, 0) is 42.5 Å². The predicted octanol–water partition coefficient (Wildman–Crippen LogP) is 3.75. The van der Waals surface area contributed by atoms with E-state index in [2.05, 4.69) is 17.6 Å². The van der Waals surface area contributed by atoms with Crippen molar-refractivity contribution in [2.75, 3.05) is 13.1 Å². The maximum atomic E-state index is 13.0. The minimum absolute atomic E-state index is 0.